The van der Waals surface area contributed by atoms with E-state index in [1.807, 2.05) is 0 Å². The van der Waals surface area contributed by atoms with Gasteiger partial charge in [0.2, 0.25) is 0 Å². The van der Waals surface area contributed by atoms with Crippen molar-refractivity contribution in [3.63, 3.8) is 0 Å². The molecule has 0 fully saturated rings. The molecule has 1 rings (SSSR count). The highest BCUT2D eigenvalue weighted by molar-refractivity contribution is 5.24. The van der Waals surface area contributed by atoms with Crippen molar-refractivity contribution in [2.75, 3.05) is 20.2 Å². The standard InChI is InChI=1S/C14H25N3O/c1-5-8-15-9-6-7-13-11(2)16-14(10-18-4)17-12(13)3/h15H,5-10H2,1-4H3. The van der Waals surface area contributed by atoms with Gasteiger partial charge in [-0.1, -0.05) is 6.92 Å². The van der Waals surface area contributed by atoms with Gasteiger partial charge in [-0.05, 0) is 51.8 Å². The summed E-state index contributed by atoms with van der Waals surface area (Å²) < 4.78 is 5.07. The summed E-state index contributed by atoms with van der Waals surface area (Å²) in [6.45, 7) is 8.95. The number of nitrogens with zero attached hydrogens (tertiary/aromatic N) is 2. The molecule has 0 amide bonds. The van der Waals surface area contributed by atoms with Gasteiger partial charge in [0.15, 0.2) is 5.82 Å². The van der Waals surface area contributed by atoms with E-state index in [0.29, 0.717) is 6.61 Å². The second kappa shape index (κ2) is 8.16. The quantitative estimate of drug-likeness (QED) is 0.719. The van der Waals surface area contributed by atoms with Gasteiger partial charge in [0.1, 0.15) is 6.61 Å². The van der Waals surface area contributed by atoms with E-state index in [4.69, 9.17) is 4.74 Å². The van der Waals surface area contributed by atoms with Crippen LogP contribution < -0.4 is 5.32 Å². The third kappa shape index (κ3) is 4.70. The first-order valence-electron chi connectivity index (χ1n) is 6.71. The lowest BCUT2D eigenvalue weighted by atomic mass is 10.1. The molecule has 4 heteroatoms. The number of rotatable bonds is 8. The van der Waals surface area contributed by atoms with Crippen LogP contribution in [0.4, 0.5) is 0 Å². The molecular weight excluding hydrogens is 226 g/mol. The van der Waals surface area contributed by atoms with Gasteiger partial charge in [-0.25, -0.2) is 9.97 Å². The molecule has 1 heterocycles. The van der Waals surface area contributed by atoms with E-state index in [-0.39, 0.29) is 0 Å². The van der Waals surface area contributed by atoms with Crippen molar-refractivity contribution in [2.24, 2.45) is 0 Å². The summed E-state index contributed by atoms with van der Waals surface area (Å²) in [5, 5.41) is 3.42. The molecule has 0 unspecified atom stereocenters. The van der Waals surface area contributed by atoms with Crippen molar-refractivity contribution in [2.45, 2.75) is 46.6 Å². The Labute approximate surface area is 110 Å². The van der Waals surface area contributed by atoms with Crippen LogP contribution in [0.15, 0.2) is 0 Å². The molecule has 0 aliphatic heterocycles. The minimum atomic E-state index is 0.486. The molecule has 1 N–H and O–H groups in total. The average Bonchev–Trinajstić information content (AvgIpc) is 2.32. The summed E-state index contributed by atoms with van der Waals surface area (Å²) in [5.41, 5.74) is 3.46. The molecule has 1 aromatic rings. The van der Waals surface area contributed by atoms with Crippen LogP contribution in [0.3, 0.4) is 0 Å². The fraction of sp³-hybridized carbons (Fsp3) is 0.714. The summed E-state index contributed by atoms with van der Waals surface area (Å²) in [7, 11) is 1.67. The summed E-state index contributed by atoms with van der Waals surface area (Å²) >= 11 is 0. The molecule has 0 radical (unpaired) electrons. The lowest BCUT2D eigenvalue weighted by Gasteiger charge is -2.10. The maximum absolute atomic E-state index is 5.07. The number of nitrogens with one attached hydrogen (secondary N) is 1. The molecule has 0 spiro atoms. The molecule has 0 saturated carbocycles. The predicted molar refractivity (Wildman–Crippen MR) is 73.7 cm³/mol. The smallest absolute Gasteiger partial charge is 0.154 e. The molecule has 0 atom stereocenters. The van der Waals surface area contributed by atoms with E-state index in [0.717, 1.165) is 43.1 Å². The van der Waals surface area contributed by atoms with Crippen LogP contribution in [-0.2, 0) is 17.8 Å². The van der Waals surface area contributed by atoms with Gasteiger partial charge in [0.25, 0.3) is 0 Å². The Morgan fingerprint density at radius 3 is 2.33 bits per heavy atom. The molecule has 4 nitrogen and oxygen atoms in total. The number of methoxy groups -OCH3 is 1. The van der Waals surface area contributed by atoms with Crippen molar-refractivity contribution in [3.05, 3.63) is 22.8 Å². The number of aryl methyl sites for hydroxylation is 2. The van der Waals surface area contributed by atoms with Crippen molar-refractivity contribution in [1.82, 2.24) is 15.3 Å². The molecule has 0 saturated heterocycles. The van der Waals surface area contributed by atoms with Crippen LogP contribution in [0.2, 0.25) is 0 Å². The summed E-state index contributed by atoms with van der Waals surface area (Å²) in [4.78, 5) is 8.96. The molecular formula is C14H25N3O. The average molecular weight is 251 g/mol. The third-order valence-electron chi connectivity index (χ3n) is 2.95. The van der Waals surface area contributed by atoms with Gasteiger partial charge in [-0.3, -0.25) is 0 Å². The van der Waals surface area contributed by atoms with Crippen LogP contribution in [0.1, 0.15) is 42.5 Å². The predicted octanol–water partition coefficient (Wildman–Crippen LogP) is 2.17. The van der Waals surface area contributed by atoms with Crippen LogP contribution in [-0.4, -0.2) is 30.2 Å². The second-order valence-electron chi connectivity index (χ2n) is 4.58. The molecule has 0 bridgehead atoms. The lowest BCUT2D eigenvalue weighted by molar-refractivity contribution is 0.177. The fourth-order valence-corrected chi connectivity index (χ4v) is 2.06. The van der Waals surface area contributed by atoms with Crippen molar-refractivity contribution >= 4 is 0 Å². The highest BCUT2D eigenvalue weighted by atomic mass is 16.5. The topological polar surface area (TPSA) is 47.0 Å². The first-order valence-corrected chi connectivity index (χ1v) is 6.71. The van der Waals surface area contributed by atoms with Gasteiger partial charge < -0.3 is 10.1 Å². The minimum absolute atomic E-state index is 0.486. The Bertz CT molecular complexity index is 343. The largest absolute Gasteiger partial charge is 0.377 e. The van der Waals surface area contributed by atoms with Gasteiger partial charge in [0, 0.05) is 18.5 Å². The zero-order chi connectivity index (χ0) is 13.4. The van der Waals surface area contributed by atoms with Crippen LogP contribution in [0, 0.1) is 13.8 Å². The monoisotopic (exact) mass is 251 g/mol. The zero-order valence-electron chi connectivity index (χ0n) is 12.0. The number of ether oxygens (including phenoxy) is 1. The van der Waals surface area contributed by atoms with Gasteiger partial charge in [0.05, 0.1) is 0 Å². The molecule has 0 aromatic carbocycles. The van der Waals surface area contributed by atoms with E-state index >= 15 is 0 Å². The molecule has 0 aliphatic carbocycles. The molecule has 102 valence electrons. The Balaban J connectivity index is 2.54. The maximum atomic E-state index is 5.07. The fourth-order valence-electron chi connectivity index (χ4n) is 2.06. The van der Waals surface area contributed by atoms with Gasteiger partial charge >= 0.3 is 0 Å². The highest BCUT2D eigenvalue weighted by Crippen LogP contribution is 2.12. The Hall–Kier alpha value is -1.00. The summed E-state index contributed by atoms with van der Waals surface area (Å²) in [5.74, 6) is 0.778. The first-order chi connectivity index (χ1) is 8.69. The number of hydrogen-bond acceptors (Lipinski definition) is 4. The Morgan fingerprint density at radius 1 is 1.11 bits per heavy atom. The number of hydrogen-bond donors (Lipinski definition) is 1. The second-order valence-corrected chi connectivity index (χ2v) is 4.58. The van der Waals surface area contributed by atoms with Crippen LogP contribution >= 0.6 is 0 Å². The lowest BCUT2D eigenvalue weighted by Crippen LogP contribution is -2.17. The van der Waals surface area contributed by atoms with Crippen molar-refractivity contribution < 1.29 is 4.74 Å². The highest BCUT2D eigenvalue weighted by Gasteiger charge is 2.07. The van der Waals surface area contributed by atoms with E-state index in [9.17, 15) is 0 Å². The summed E-state index contributed by atoms with van der Waals surface area (Å²) in [6.07, 6.45) is 3.36. The Kier molecular flexibility index (Phi) is 6.83. The maximum Gasteiger partial charge on any atom is 0.154 e. The SMILES string of the molecule is CCCNCCCc1c(C)nc(COC)nc1C. The third-order valence-corrected chi connectivity index (χ3v) is 2.95. The summed E-state index contributed by atoms with van der Waals surface area (Å²) in [6, 6.07) is 0. The van der Waals surface area contributed by atoms with Gasteiger partial charge in [-0.15, -0.1) is 0 Å². The molecule has 1 aromatic heterocycles. The van der Waals surface area contributed by atoms with E-state index in [2.05, 4.69) is 36.1 Å². The van der Waals surface area contributed by atoms with Crippen molar-refractivity contribution in [1.29, 1.82) is 0 Å². The zero-order valence-corrected chi connectivity index (χ0v) is 12.0. The van der Waals surface area contributed by atoms with Gasteiger partial charge in [-0.2, -0.15) is 0 Å². The van der Waals surface area contributed by atoms with Crippen LogP contribution in [0.25, 0.3) is 0 Å². The first kappa shape index (κ1) is 15.1. The van der Waals surface area contributed by atoms with E-state index in [1.54, 1.807) is 7.11 Å². The molecule has 18 heavy (non-hydrogen) atoms. The van der Waals surface area contributed by atoms with Crippen molar-refractivity contribution in [3.8, 4) is 0 Å². The normalized spacial score (nSPS) is 10.9. The minimum Gasteiger partial charge on any atom is -0.377 e. The number of aromatic nitrogens is 2. The van der Waals surface area contributed by atoms with E-state index < -0.39 is 0 Å². The van der Waals surface area contributed by atoms with Crippen LogP contribution in [0.5, 0.6) is 0 Å². The molecule has 0 aliphatic rings. The van der Waals surface area contributed by atoms with E-state index in [1.165, 1.54) is 12.0 Å². The Morgan fingerprint density at radius 2 is 1.78 bits per heavy atom.